The number of rotatable bonds is 5. The van der Waals surface area contributed by atoms with Gasteiger partial charge in [0.1, 0.15) is 5.82 Å². The van der Waals surface area contributed by atoms with E-state index in [1.165, 1.54) is 23.6 Å². The zero-order valence-corrected chi connectivity index (χ0v) is 13.3. The fourth-order valence-electron chi connectivity index (χ4n) is 1.76. The van der Waals surface area contributed by atoms with Gasteiger partial charge in [0.2, 0.25) is 0 Å². The average Bonchev–Trinajstić information content (AvgIpc) is 2.39. The van der Waals surface area contributed by atoms with Crippen LogP contribution in [0, 0.1) is 11.6 Å². The molecule has 0 atom stereocenters. The predicted molar refractivity (Wildman–Crippen MR) is 84.0 cm³/mol. The molecule has 0 unspecified atom stereocenters. The smallest absolute Gasteiger partial charge is 0.151 e. The predicted octanol–water partition coefficient (Wildman–Crippen LogP) is 5.80. The minimum atomic E-state index is -0.619. The zero-order valence-electron chi connectivity index (χ0n) is 10.9. The Kier molecular flexibility index (Phi) is 5.43. The number of benzene rings is 2. The molecule has 2 aromatic rings. The first-order valence-electron chi connectivity index (χ1n) is 6.26. The van der Waals surface area contributed by atoms with Gasteiger partial charge in [0, 0.05) is 15.4 Å². The maximum atomic E-state index is 13.6. The highest BCUT2D eigenvalue weighted by Gasteiger charge is 2.09. The number of aryl methyl sites for hydroxylation is 1. The molecule has 0 spiro atoms. The van der Waals surface area contributed by atoms with Crippen molar-refractivity contribution in [2.24, 2.45) is 0 Å². The monoisotopic (exact) mass is 357 g/mol. The maximum Gasteiger partial charge on any atom is 0.151 e. The van der Waals surface area contributed by atoms with Crippen molar-refractivity contribution in [3.63, 3.8) is 0 Å². The van der Waals surface area contributed by atoms with Crippen molar-refractivity contribution in [1.82, 2.24) is 0 Å². The molecule has 0 aliphatic carbocycles. The molecule has 0 bridgehead atoms. The van der Waals surface area contributed by atoms with Crippen molar-refractivity contribution < 1.29 is 8.78 Å². The zero-order chi connectivity index (χ0) is 14.5. The lowest BCUT2D eigenvalue weighted by Crippen LogP contribution is -1.94. The van der Waals surface area contributed by atoms with Crippen molar-refractivity contribution in [1.29, 1.82) is 0 Å². The molecule has 2 aromatic carbocycles. The molecule has 0 aliphatic heterocycles. The van der Waals surface area contributed by atoms with Crippen LogP contribution in [0.5, 0.6) is 0 Å². The van der Waals surface area contributed by atoms with Crippen LogP contribution in [0.2, 0.25) is 0 Å². The third-order valence-electron chi connectivity index (χ3n) is 2.74. The highest BCUT2D eigenvalue weighted by atomic mass is 79.9. The molecule has 1 N–H and O–H groups in total. The Morgan fingerprint density at radius 2 is 1.85 bits per heavy atom. The second kappa shape index (κ2) is 7.09. The third kappa shape index (κ3) is 3.96. The van der Waals surface area contributed by atoms with Crippen LogP contribution < -0.4 is 4.72 Å². The van der Waals surface area contributed by atoms with Crippen LogP contribution in [0.25, 0.3) is 0 Å². The first kappa shape index (κ1) is 15.3. The van der Waals surface area contributed by atoms with Crippen LogP contribution in [0.15, 0.2) is 45.8 Å². The summed E-state index contributed by atoms with van der Waals surface area (Å²) in [7, 11) is 0. The van der Waals surface area contributed by atoms with Crippen molar-refractivity contribution in [2.45, 2.75) is 24.7 Å². The first-order valence-corrected chi connectivity index (χ1v) is 7.87. The van der Waals surface area contributed by atoms with Crippen molar-refractivity contribution in [3.05, 3.63) is 58.1 Å². The van der Waals surface area contributed by atoms with E-state index in [4.69, 9.17) is 0 Å². The van der Waals surface area contributed by atoms with Gasteiger partial charge in [0.15, 0.2) is 5.82 Å². The lowest BCUT2D eigenvalue weighted by Gasteiger charge is -2.09. The summed E-state index contributed by atoms with van der Waals surface area (Å²) in [5.74, 6) is -1.22. The van der Waals surface area contributed by atoms with Crippen LogP contribution in [-0.4, -0.2) is 0 Å². The summed E-state index contributed by atoms with van der Waals surface area (Å²) >= 11 is 4.44. The molecule has 106 valence electrons. The van der Waals surface area contributed by atoms with Crippen molar-refractivity contribution >= 4 is 33.6 Å². The molecule has 20 heavy (non-hydrogen) atoms. The van der Waals surface area contributed by atoms with E-state index in [-0.39, 0.29) is 5.69 Å². The second-order valence-corrected chi connectivity index (χ2v) is 6.08. The van der Waals surface area contributed by atoms with Crippen LogP contribution in [0.4, 0.5) is 14.5 Å². The molecule has 0 heterocycles. The molecule has 0 aliphatic rings. The van der Waals surface area contributed by atoms with Gasteiger partial charge < -0.3 is 4.72 Å². The highest BCUT2D eigenvalue weighted by Crippen LogP contribution is 2.31. The summed E-state index contributed by atoms with van der Waals surface area (Å²) in [6.45, 7) is 2.14. The minimum Gasteiger partial charge on any atom is -0.322 e. The molecular weight excluding hydrogens is 344 g/mol. The van der Waals surface area contributed by atoms with E-state index in [1.54, 1.807) is 0 Å². The normalized spacial score (nSPS) is 10.6. The van der Waals surface area contributed by atoms with Gasteiger partial charge in [-0.25, -0.2) is 8.78 Å². The first-order chi connectivity index (χ1) is 9.60. The van der Waals surface area contributed by atoms with Gasteiger partial charge >= 0.3 is 0 Å². The van der Waals surface area contributed by atoms with Crippen LogP contribution >= 0.6 is 27.9 Å². The molecule has 0 aromatic heterocycles. The van der Waals surface area contributed by atoms with Gasteiger partial charge in [-0.3, -0.25) is 0 Å². The van der Waals surface area contributed by atoms with Gasteiger partial charge in [-0.05, 0) is 58.1 Å². The summed E-state index contributed by atoms with van der Waals surface area (Å²) in [5.41, 5.74) is 1.53. The maximum absolute atomic E-state index is 13.6. The fourth-order valence-corrected chi connectivity index (χ4v) is 3.10. The van der Waals surface area contributed by atoms with Crippen LogP contribution in [0.3, 0.4) is 0 Å². The van der Waals surface area contributed by atoms with E-state index in [2.05, 4.69) is 39.7 Å². The average molecular weight is 358 g/mol. The topological polar surface area (TPSA) is 12.0 Å². The van der Waals surface area contributed by atoms with Gasteiger partial charge in [0.25, 0.3) is 0 Å². The van der Waals surface area contributed by atoms with E-state index >= 15 is 0 Å². The van der Waals surface area contributed by atoms with Crippen molar-refractivity contribution in [2.75, 3.05) is 4.72 Å². The molecule has 0 amide bonds. The van der Waals surface area contributed by atoms with Gasteiger partial charge in [-0.2, -0.15) is 0 Å². The Morgan fingerprint density at radius 1 is 1.15 bits per heavy atom. The Hall–Kier alpha value is -1.07. The number of hydrogen-bond acceptors (Lipinski definition) is 2. The van der Waals surface area contributed by atoms with E-state index in [9.17, 15) is 8.78 Å². The number of halogens is 3. The number of nitrogens with one attached hydrogen (secondary N) is 1. The second-order valence-electron chi connectivity index (χ2n) is 4.34. The standard InChI is InChI=1S/C15H14BrF2NS/c1-2-3-10-4-6-12(7-5-10)20-19-15-13(16)8-11(17)9-14(15)18/h4-9,19H,2-3H2,1H3. The third-order valence-corrected chi connectivity index (χ3v) is 4.18. The minimum absolute atomic E-state index is 0.244. The summed E-state index contributed by atoms with van der Waals surface area (Å²) in [6.07, 6.45) is 2.16. The number of hydrogen-bond donors (Lipinski definition) is 1. The van der Waals surface area contributed by atoms with Crippen LogP contribution in [-0.2, 0) is 6.42 Å². The Labute approximate surface area is 130 Å². The Bertz CT molecular complexity index is 564. The molecule has 2 rings (SSSR count). The highest BCUT2D eigenvalue weighted by molar-refractivity contribution is 9.10. The lowest BCUT2D eigenvalue weighted by atomic mass is 10.1. The Morgan fingerprint density at radius 3 is 2.45 bits per heavy atom. The molecule has 5 heteroatoms. The van der Waals surface area contributed by atoms with E-state index in [0.29, 0.717) is 4.47 Å². The largest absolute Gasteiger partial charge is 0.322 e. The van der Waals surface area contributed by atoms with E-state index in [0.717, 1.165) is 23.8 Å². The van der Waals surface area contributed by atoms with Gasteiger partial charge in [-0.1, -0.05) is 25.5 Å². The molecule has 0 saturated carbocycles. The SMILES string of the molecule is CCCc1ccc(SNc2c(F)cc(F)cc2Br)cc1. The summed E-state index contributed by atoms with van der Waals surface area (Å²) in [5, 5.41) is 0. The van der Waals surface area contributed by atoms with E-state index < -0.39 is 11.6 Å². The molecule has 0 radical (unpaired) electrons. The summed E-state index contributed by atoms with van der Waals surface area (Å²) in [6, 6.07) is 10.2. The summed E-state index contributed by atoms with van der Waals surface area (Å²) < 4.78 is 29.9. The lowest BCUT2D eigenvalue weighted by molar-refractivity contribution is 0.585. The fraction of sp³-hybridized carbons (Fsp3) is 0.200. The van der Waals surface area contributed by atoms with Gasteiger partial charge in [0.05, 0.1) is 5.69 Å². The van der Waals surface area contributed by atoms with Gasteiger partial charge in [-0.15, -0.1) is 0 Å². The van der Waals surface area contributed by atoms with E-state index in [1.807, 2.05) is 12.1 Å². The van der Waals surface area contributed by atoms with Crippen molar-refractivity contribution in [3.8, 4) is 0 Å². The summed E-state index contributed by atoms with van der Waals surface area (Å²) in [4.78, 5) is 0.973. The van der Waals surface area contributed by atoms with Crippen LogP contribution in [0.1, 0.15) is 18.9 Å². The molecule has 1 nitrogen and oxygen atoms in total. The Balaban J connectivity index is 2.05. The molecule has 0 saturated heterocycles. The number of anilines is 1. The quantitative estimate of drug-likeness (QED) is 0.678. The molecular formula is C15H14BrF2NS. The molecule has 0 fully saturated rings.